The van der Waals surface area contributed by atoms with Crippen molar-refractivity contribution in [3.63, 3.8) is 0 Å². The van der Waals surface area contributed by atoms with Crippen LogP contribution in [0.5, 0.6) is 5.75 Å². The van der Waals surface area contributed by atoms with Crippen molar-refractivity contribution in [3.05, 3.63) is 54.6 Å². The second kappa shape index (κ2) is 10.8. The number of nitrogens with zero attached hydrogens (tertiary/aromatic N) is 2. The Hall–Kier alpha value is -3.39. The van der Waals surface area contributed by atoms with Crippen molar-refractivity contribution in [1.29, 1.82) is 0 Å². The minimum Gasteiger partial charge on any atom is -0.482 e. The number of ether oxygens (including phenoxy) is 2. The predicted molar refractivity (Wildman–Crippen MR) is 110 cm³/mol. The maximum absolute atomic E-state index is 12.7. The zero-order chi connectivity index (χ0) is 21.2. The van der Waals surface area contributed by atoms with E-state index >= 15 is 0 Å². The smallest absolute Gasteiger partial charge is 0.344 e. The first kappa shape index (κ1) is 21.9. The summed E-state index contributed by atoms with van der Waals surface area (Å²) in [4.78, 5) is 39.3. The Morgan fingerprint density at radius 3 is 2.31 bits per heavy atom. The highest BCUT2D eigenvalue weighted by Crippen LogP contribution is 2.22. The predicted octanol–water partition coefficient (Wildman–Crippen LogP) is 1.58. The second-order valence-electron chi connectivity index (χ2n) is 6.06. The molecule has 0 fully saturated rings. The first-order valence-corrected chi connectivity index (χ1v) is 9.16. The van der Waals surface area contributed by atoms with E-state index in [0.717, 1.165) is 0 Å². The molecule has 2 aromatic rings. The summed E-state index contributed by atoms with van der Waals surface area (Å²) in [5, 5.41) is 0. The molecule has 0 unspecified atom stereocenters. The summed E-state index contributed by atoms with van der Waals surface area (Å²) in [6.07, 6.45) is 0. The van der Waals surface area contributed by atoms with Gasteiger partial charge in [-0.3, -0.25) is 9.59 Å². The summed E-state index contributed by atoms with van der Waals surface area (Å²) < 4.78 is 10.2. The van der Waals surface area contributed by atoms with Gasteiger partial charge < -0.3 is 25.0 Å². The number of benzene rings is 2. The lowest BCUT2D eigenvalue weighted by molar-refractivity contribution is -0.145. The van der Waals surface area contributed by atoms with E-state index in [9.17, 15) is 14.4 Å². The average Bonchev–Trinajstić information content (AvgIpc) is 2.75. The Balaban J connectivity index is 2.15. The Morgan fingerprint density at radius 2 is 1.66 bits per heavy atom. The van der Waals surface area contributed by atoms with Crippen molar-refractivity contribution < 1.29 is 23.9 Å². The van der Waals surface area contributed by atoms with Crippen LogP contribution in [-0.4, -0.2) is 51.1 Å². The number of carbonyl (C=O) groups excluding carboxylic acids is 3. The van der Waals surface area contributed by atoms with Crippen molar-refractivity contribution in [2.24, 2.45) is 5.73 Å². The van der Waals surface area contributed by atoms with E-state index in [4.69, 9.17) is 15.2 Å². The highest BCUT2D eigenvalue weighted by Gasteiger charge is 2.21. The molecule has 29 heavy (non-hydrogen) atoms. The fourth-order valence-electron chi connectivity index (χ4n) is 2.56. The fraction of sp³-hybridized carbons (Fsp3) is 0.286. The molecule has 8 nitrogen and oxygen atoms in total. The van der Waals surface area contributed by atoms with Gasteiger partial charge in [0, 0.05) is 24.5 Å². The Morgan fingerprint density at radius 1 is 0.966 bits per heavy atom. The van der Waals surface area contributed by atoms with Crippen molar-refractivity contribution >= 4 is 29.2 Å². The van der Waals surface area contributed by atoms with Crippen molar-refractivity contribution in [2.45, 2.75) is 6.92 Å². The Bertz CT molecular complexity index is 841. The third-order valence-electron chi connectivity index (χ3n) is 4.08. The summed E-state index contributed by atoms with van der Waals surface area (Å²) in [7, 11) is 1.64. The van der Waals surface area contributed by atoms with Gasteiger partial charge in [-0.1, -0.05) is 24.3 Å². The number of hydrogen-bond acceptors (Lipinski definition) is 6. The van der Waals surface area contributed by atoms with E-state index in [0.29, 0.717) is 17.1 Å². The van der Waals surface area contributed by atoms with Crippen LogP contribution in [-0.2, 0) is 19.1 Å². The number of anilines is 2. The lowest BCUT2D eigenvalue weighted by Gasteiger charge is -2.25. The molecule has 2 aromatic carbocycles. The van der Waals surface area contributed by atoms with Gasteiger partial charge in [-0.05, 0) is 31.2 Å². The largest absolute Gasteiger partial charge is 0.482 e. The summed E-state index contributed by atoms with van der Waals surface area (Å²) in [5.41, 5.74) is 6.69. The third-order valence-corrected chi connectivity index (χ3v) is 4.08. The molecule has 0 saturated carbocycles. The van der Waals surface area contributed by atoms with Crippen molar-refractivity contribution in [3.8, 4) is 5.75 Å². The molecule has 2 amide bonds. The first-order chi connectivity index (χ1) is 14.0. The summed E-state index contributed by atoms with van der Waals surface area (Å²) in [6, 6.07) is 15.7. The third kappa shape index (κ3) is 6.32. The van der Waals surface area contributed by atoms with Gasteiger partial charge in [0.25, 0.3) is 0 Å². The number of nitrogens with two attached hydrogens (primary N) is 1. The molecule has 0 saturated heterocycles. The van der Waals surface area contributed by atoms with Gasteiger partial charge in [0.1, 0.15) is 12.3 Å². The van der Waals surface area contributed by atoms with Gasteiger partial charge in [-0.15, -0.1) is 0 Å². The Labute approximate surface area is 169 Å². The molecule has 0 atom stereocenters. The van der Waals surface area contributed by atoms with E-state index in [1.54, 1.807) is 50.4 Å². The molecule has 0 spiro atoms. The molecule has 2 rings (SSSR count). The molecule has 0 heterocycles. The van der Waals surface area contributed by atoms with Gasteiger partial charge in [0.05, 0.1) is 13.2 Å². The highest BCUT2D eigenvalue weighted by molar-refractivity contribution is 6.04. The van der Waals surface area contributed by atoms with Gasteiger partial charge in [0.15, 0.2) is 6.61 Å². The normalized spacial score (nSPS) is 10.2. The van der Waals surface area contributed by atoms with Crippen LogP contribution < -0.4 is 20.3 Å². The summed E-state index contributed by atoms with van der Waals surface area (Å²) >= 11 is 0. The highest BCUT2D eigenvalue weighted by atomic mass is 16.6. The standard InChI is InChI=1S/C21H25N3O5/c1-3-28-21(27)15-29-18-11-7-10-17(12-18)24(19(25)13-22)14-20(26)23(2)16-8-5-4-6-9-16/h4-12H,3,13-15,22H2,1-2H3. The number of carbonyl (C=O) groups is 3. The molecule has 0 radical (unpaired) electrons. The van der Waals surface area contributed by atoms with Gasteiger partial charge in [0.2, 0.25) is 11.8 Å². The molecule has 0 aromatic heterocycles. The number of rotatable bonds is 9. The summed E-state index contributed by atoms with van der Waals surface area (Å²) in [6.45, 7) is 1.27. The number of likely N-dealkylation sites (N-methyl/N-ethyl adjacent to an activating group) is 1. The maximum Gasteiger partial charge on any atom is 0.344 e. The molecular formula is C21H25N3O5. The Kier molecular flexibility index (Phi) is 8.17. The minimum absolute atomic E-state index is 0.192. The van der Waals surface area contributed by atoms with Crippen LogP contribution in [0, 0.1) is 0 Å². The first-order valence-electron chi connectivity index (χ1n) is 9.16. The molecule has 154 valence electrons. The molecule has 0 aliphatic rings. The quantitative estimate of drug-likeness (QED) is 0.643. The van der Waals surface area contributed by atoms with Crippen LogP contribution in [0.3, 0.4) is 0 Å². The van der Waals surface area contributed by atoms with E-state index in [-0.39, 0.29) is 32.2 Å². The van der Waals surface area contributed by atoms with Gasteiger partial charge >= 0.3 is 5.97 Å². The molecular weight excluding hydrogens is 374 g/mol. The maximum atomic E-state index is 12.7. The van der Waals surface area contributed by atoms with Crippen molar-refractivity contribution in [2.75, 3.05) is 43.2 Å². The number of amides is 2. The summed E-state index contributed by atoms with van der Waals surface area (Å²) in [5.74, 6) is -0.820. The van der Waals surface area contributed by atoms with Crippen LogP contribution in [0.1, 0.15) is 6.92 Å². The van der Waals surface area contributed by atoms with Crippen LogP contribution in [0.4, 0.5) is 11.4 Å². The van der Waals surface area contributed by atoms with Crippen LogP contribution in [0.15, 0.2) is 54.6 Å². The van der Waals surface area contributed by atoms with E-state index in [1.165, 1.54) is 9.80 Å². The molecule has 0 aliphatic carbocycles. The van der Waals surface area contributed by atoms with E-state index < -0.39 is 11.9 Å². The number of esters is 1. The van der Waals surface area contributed by atoms with Gasteiger partial charge in [-0.2, -0.15) is 0 Å². The topological polar surface area (TPSA) is 102 Å². The van der Waals surface area contributed by atoms with Gasteiger partial charge in [-0.25, -0.2) is 4.79 Å². The zero-order valence-corrected chi connectivity index (χ0v) is 16.5. The minimum atomic E-state index is -0.493. The molecule has 8 heteroatoms. The van der Waals surface area contributed by atoms with Crippen LogP contribution >= 0.6 is 0 Å². The lowest BCUT2D eigenvalue weighted by atomic mass is 10.2. The number of para-hydroxylation sites is 1. The SMILES string of the molecule is CCOC(=O)COc1cccc(N(CC(=O)N(C)c2ccccc2)C(=O)CN)c1. The second-order valence-corrected chi connectivity index (χ2v) is 6.06. The van der Waals surface area contributed by atoms with E-state index in [1.807, 2.05) is 18.2 Å². The monoisotopic (exact) mass is 399 g/mol. The molecule has 2 N–H and O–H groups in total. The van der Waals surface area contributed by atoms with E-state index in [2.05, 4.69) is 0 Å². The van der Waals surface area contributed by atoms with Crippen molar-refractivity contribution in [1.82, 2.24) is 0 Å². The van der Waals surface area contributed by atoms with Crippen LogP contribution in [0.2, 0.25) is 0 Å². The molecule has 0 aliphatic heterocycles. The molecule has 0 bridgehead atoms. The number of hydrogen-bond donors (Lipinski definition) is 1. The fourth-order valence-corrected chi connectivity index (χ4v) is 2.56. The lowest BCUT2D eigenvalue weighted by Crippen LogP contribution is -2.44. The van der Waals surface area contributed by atoms with Crippen LogP contribution in [0.25, 0.3) is 0 Å². The zero-order valence-electron chi connectivity index (χ0n) is 16.5. The average molecular weight is 399 g/mol.